The van der Waals surface area contributed by atoms with Crippen molar-refractivity contribution in [3.63, 3.8) is 0 Å². The van der Waals surface area contributed by atoms with E-state index in [9.17, 15) is 4.79 Å². The Hall–Kier alpha value is -1.03. The number of Topliss-reactive ketones (excluding diaryl/α,β-unsaturated/α-hetero) is 1. The Kier molecular flexibility index (Phi) is 4.32. The molecule has 0 rings (SSSR count). The molecule has 0 aromatic carbocycles. The van der Waals surface area contributed by atoms with Gasteiger partial charge in [0.2, 0.25) is 0 Å². The van der Waals surface area contributed by atoms with Crippen molar-refractivity contribution < 1.29 is 4.79 Å². The minimum atomic E-state index is 0.0704. The summed E-state index contributed by atoms with van der Waals surface area (Å²) in [5.41, 5.74) is 11.0. The molecule has 0 aliphatic heterocycles. The van der Waals surface area contributed by atoms with Crippen LogP contribution in [0.15, 0.2) is 11.9 Å². The number of carbonyl (C=O) groups excluding carboxylic acids is 1. The van der Waals surface area contributed by atoms with Crippen LogP contribution in [0.5, 0.6) is 0 Å². The van der Waals surface area contributed by atoms with Gasteiger partial charge in [-0.25, -0.2) is 0 Å². The first-order valence-corrected chi connectivity index (χ1v) is 3.04. The molecule has 0 bridgehead atoms. The van der Waals surface area contributed by atoms with E-state index >= 15 is 0 Å². The lowest BCUT2D eigenvalue weighted by Gasteiger charge is -1.97. The second-order valence-corrected chi connectivity index (χ2v) is 2.01. The van der Waals surface area contributed by atoms with E-state index in [4.69, 9.17) is 11.5 Å². The predicted molar refractivity (Wildman–Crippen MR) is 40.0 cm³/mol. The lowest BCUT2D eigenvalue weighted by atomic mass is 10.4. The fraction of sp³-hybridized carbons (Fsp3) is 0.500. The average molecular weight is 143 g/mol. The Morgan fingerprint density at radius 3 is 2.70 bits per heavy atom. The molecule has 58 valence electrons. The summed E-state index contributed by atoms with van der Waals surface area (Å²) in [6.45, 7) is 2.12. The highest BCUT2D eigenvalue weighted by atomic mass is 16.1. The lowest BCUT2D eigenvalue weighted by molar-refractivity contribution is -0.116. The smallest absolute Gasteiger partial charge is 0.148 e. The van der Waals surface area contributed by atoms with E-state index < -0.39 is 0 Å². The second kappa shape index (κ2) is 4.81. The van der Waals surface area contributed by atoms with Gasteiger partial charge in [-0.2, -0.15) is 0 Å². The first-order valence-electron chi connectivity index (χ1n) is 3.04. The molecule has 4 nitrogen and oxygen atoms in total. The third kappa shape index (κ3) is 5.11. The van der Waals surface area contributed by atoms with Crippen LogP contribution in [0.1, 0.15) is 6.92 Å². The Balaban J connectivity index is 3.43. The summed E-state index contributed by atoms with van der Waals surface area (Å²) in [6.07, 6.45) is 1.54. The number of nitrogens with two attached hydrogens (primary N) is 2. The zero-order valence-corrected chi connectivity index (χ0v) is 6.05. The average Bonchev–Trinajstić information content (AvgIpc) is 1.87. The fourth-order valence-electron chi connectivity index (χ4n) is 0.385. The van der Waals surface area contributed by atoms with Crippen LogP contribution in [0.2, 0.25) is 0 Å². The number of nitrogens with one attached hydrogen (secondary N) is 1. The molecule has 0 aromatic heterocycles. The van der Waals surface area contributed by atoms with Gasteiger partial charge in [-0.05, 0) is 6.92 Å². The van der Waals surface area contributed by atoms with Gasteiger partial charge >= 0.3 is 0 Å². The van der Waals surface area contributed by atoms with Crippen molar-refractivity contribution in [3.05, 3.63) is 11.9 Å². The molecule has 4 heteroatoms. The van der Waals surface area contributed by atoms with Crippen molar-refractivity contribution in [2.24, 2.45) is 11.5 Å². The van der Waals surface area contributed by atoms with Crippen LogP contribution < -0.4 is 16.8 Å². The number of rotatable bonds is 4. The van der Waals surface area contributed by atoms with E-state index in [0.717, 1.165) is 0 Å². The van der Waals surface area contributed by atoms with Crippen molar-refractivity contribution in [3.8, 4) is 0 Å². The van der Waals surface area contributed by atoms with Crippen LogP contribution in [0.3, 0.4) is 0 Å². The van der Waals surface area contributed by atoms with Gasteiger partial charge in [0, 0.05) is 18.4 Å². The first kappa shape index (κ1) is 8.97. The standard InChI is InChI=1S/C6H13N3O/c1-5(10)3-9-4-6(8)2-7/h4,9H,2-3,7-8H2,1H3/b6-4-. The maximum atomic E-state index is 10.3. The van der Waals surface area contributed by atoms with Gasteiger partial charge in [0.1, 0.15) is 5.78 Å². The Morgan fingerprint density at radius 2 is 2.30 bits per heavy atom. The maximum absolute atomic E-state index is 10.3. The van der Waals surface area contributed by atoms with Gasteiger partial charge in [-0.3, -0.25) is 4.79 Å². The zero-order chi connectivity index (χ0) is 7.98. The van der Waals surface area contributed by atoms with Crippen LogP contribution in [0.25, 0.3) is 0 Å². The predicted octanol–water partition coefficient (Wildman–Crippen LogP) is -1.08. The Labute approximate surface area is 60.3 Å². The van der Waals surface area contributed by atoms with Crippen molar-refractivity contribution >= 4 is 5.78 Å². The van der Waals surface area contributed by atoms with Gasteiger partial charge in [0.15, 0.2) is 0 Å². The molecule has 0 radical (unpaired) electrons. The van der Waals surface area contributed by atoms with Crippen LogP contribution in [0.4, 0.5) is 0 Å². The molecule has 0 spiro atoms. The molecule has 0 aromatic rings. The molecule has 0 unspecified atom stereocenters. The van der Waals surface area contributed by atoms with E-state index in [2.05, 4.69) is 5.32 Å². The van der Waals surface area contributed by atoms with Crippen molar-refractivity contribution in [2.75, 3.05) is 13.1 Å². The van der Waals surface area contributed by atoms with E-state index in [-0.39, 0.29) is 5.78 Å². The lowest BCUT2D eigenvalue weighted by Crippen LogP contribution is -2.19. The molecule has 5 N–H and O–H groups in total. The highest BCUT2D eigenvalue weighted by Crippen LogP contribution is 1.73. The molecule has 0 fully saturated rings. The van der Waals surface area contributed by atoms with Gasteiger partial charge in [-0.15, -0.1) is 0 Å². The highest BCUT2D eigenvalue weighted by Gasteiger charge is 1.87. The fourth-order valence-corrected chi connectivity index (χ4v) is 0.385. The second-order valence-electron chi connectivity index (χ2n) is 2.01. The Morgan fingerprint density at radius 1 is 1.70 bits per heavy atom. The summed E-state index contributed by atoms with van der Waals surface area (Å²) < 4.78 is 0. The van der Waals surface area contributed by atoms with E-state index in [1.807, 2.05) is 0 Å². The summed E-state index contributed by atoms with van der Waals surface area (Å²) in [6, 6.07) is 0. The highest BCUT2D eigenvalue weighted by molar-refractivity contribution is 5.77. The molecule has 0 heterocycles. The van der Waals surface area contributed by atoms with Crippen LogP contribution in [-0.4, -0.2) is 18.9 Å². The van der Waals surface area contributed by atoms with Gasteiger partial charge in [0.25, 0.3) is 0 Å². The monoisotopic (exact) mass is 143 g/mol. The van der Waals surface area contributed by atoms with E-state index in [1.165, 1.54) is 6.92 Å². The largest absolute Gasteiger partial charge is 0.400 e. The summed E-state index contributed by atoms with van der Waals surface area (Å²) in [4.78, 5) is 10.3. The quantitative estimate of drug-likeness (QED) is 0.468. The number of hydrogen-bond donors (Lipinski definition) is 3. The summed E-state index contributed by atoms with van der Waals surface area (Å²) >= 11 is 0. The van der Waals surface area contributed by atoms with Crippen molar-refractivity contribution in [2.45, 2.75) is 6.92 Å². The van der Waals surface area contributed by atoms with Crippen molar-refractivity contribution in [1.82, 2.24) is 5.32 Å². The van der Waals surface area contributed by atoms with Crippen LogP contribution >= 0.6 is 0 Å². The normalized spacial score (nSPS) is 11.2. The molecular weight excluding hydrogens is 130 g/mol. The first-order chi connectivity index (χ1) is 4.66. The topological polar surface area (TPSA) is 81.1 Å². The van der Waals surface area contributed by atoms with Gasteiger partial charge < -0.3 is 16.8 Å². The van der Waals surface area contributed by atoms with Crippen LogP contribution in [-0.2, 0) is 4.79 Å². The van der Waals surface area contributed by atoms with Crippen LogP contribution in [0, 0.1) is 0 Å². The molecular formula is C6H13N3O. The molecule has 0 saturated heterocycles. The molecule has 0 aliphatic carbocycles. The molecule has 0 aliphatic rings. The van der Waals surface area contributed by atoms with E-state index in [1.54, 1.807) is 6.20 Å². The number of carbonyl (C=O) groups is 1. The summed E-state index contributed by atoms with van der Waals surface area (Å²) in [5, 5.41) is 2.72. The van der Waals surface area contributed by atoms with Gasteiger partial charge in [0.05, 0.1) is 6.54 Å². The molecule has 0 atom stereocenters. The number of ketones is 1. The zero-order valence-electron chi connectivity index (χ0n) is 6.05. The van der Waals surface area contributed by atoms with Gasteiger partial charge in [-0.1, -0.05) is 0 Å². The van der Waals surface area contributed by atoms with E-state index in [0.29, 0.717) is 18.8 Å². The Bertz CT molecular complexity index is 142. The third-order valence-corrected chi connectivity index (χ3v) is 0.874. The molecule has 0 saturated carbocycles. The van der Waals surface area contributed by atoms with Crippen molar-refractivity contribution in [1.29, 1.82) is 0 Å². The minimum absolute atomic E-state index is 0.0704. The maximum Gasteiger partial charge on any atom is 0.148 e. The number of hydrogen-bond acceptors (Lipinski definition) is 4. The SMILES string of the molecule is CC(=O)CN/C=C(\N)CN. The summed E-state index contributed by atoms with van der Waals surface area (Å²) in [5.74, 6) is 0.0704. The minimum Gasteiger partial charge on any atom is -0.400 e. The molecule has 0 amide bonds. The third-order valence-electron chi connectivity index (χ3n) is 0.874. The molecule has 10 heavy (non-hydrogen) atoms. The summed E-state index contributed by atoms with van der Waals surface area (Å²) in [7, 11) is 0.